The summed E-state index contributed by atoms with van der Waals surface area (Å²) in [5, 5.41) is 3.30. The molecule has 0 amide bonds. The van der Waals surface area contributed by atoms with Gasteiger partial charge in [-0.05, 0) is 70.3 Å². The summed E-state index contributed by atoms with van der Waals surface area (Å²) in [5.74, 6) is 0. The van der Waals surface area contributed by atoms with Crippen molar-refractivity contribution in [2.24, 2.45) is 4.99 Å². The Kier molecular flexibility index (Phi) is 9.89. The van der Waals surface area contributed by atoms with Gasteiger partial charge in [-0.3, -0.25) is 9.79 Å². The molecule has 1 saturated carbocycles. The summed E-state index contributed by atoms with van der Waals surface area (Å²) in [6.07, 6.45) is 10.3. The lowest BCUT2D eigenvalue weighted by Crippen LogP contribution is -2.26. The maximum atomic E-state index is 10.7. The zero-order valence-corrected chi connectivity index (χ0v) is 17.1. The van der Waals surface area contributed by atoms with Crippen molar-refractivity contribution >= 4 is 17.7 Å². The molecule has 3 N–H and O–H groups in total. The molecule has 2 rings (SSSR count). The summed E-state index contributed by atoms with van der Waals surface area (Å²) < 4.78 is 0. The van der Waals surface area contributed by atoms with Crippen LogP contribution in [0.3, 0.4) is 0 Å². The third-order valence-electron chi connectivity index (χ3n) is 4.92. The molecule has 0 bridgehead atoms. The molecule has 1 aliphatic rings. The number of aryl methyl sites for hydroxylation is 2. The number of rotatable bonds is 5. The van der Waals surface area contributed by atoms with Crippen LogP contribution in [0.5, 0.6) is 0 Å². The smallest absolute Gasteiger partial charge is 0.168 e. The van der Waals surface area contributed by atoms with Crippen molar-refractivity contribution in [1.82, 2.24) is 5.32 Å². The average Bonchev–Trinajstić information content (AvgIpc) is 2.65. The van der Waals surface area contributed by atoms with Crippen LogP contribution < -0.4 is 11.1 Å². The molecule has 1 fully saturated rings. The van der Waals surface area contributed by atoms with Crippen molar-refractivity contribution in [1.29, 1.82) is 0 Å². The number of nitrogens with zero attached hydrogens (tertiary/aromatic N) is 1. The van der Waals surface area contributed by atoms with Gasteiger partial charge >= 0.3 is 0 Å². The Morgan fingerprint density at radius 3 is 2.38 bits per heavy atom. The molecule has 0 aromatic heterocycles. The third kappa shape index (κ3) is 7.52. The van der Waals surface area contributed by atoms with E-state index in [2.05, 4.69) is 23.4 Å². The van der Waals surface area contributed by atoms with Gasteiger partial charge in [-0.1, -0.05) is 31.4 Å². The Labute approximate surface area is 159 Å². The van der Waals surface area contributed by atoms with Gasteiger partial charge in [0.05, 0.1) is 5.70 Å². The highest BCUT2D eigenvalue weighted by atomic mass is 16.1. The first kappa shape index (κ1) is 22.1. The molecule has 144 valence electrons. The molecule has 0 unspecified atom stereocenters. The summed E-state index contributed by atoms with van der Waals surface area (Å²) in [4.78, 5) is 15.0. The molecule has 0 spiro atoms. The quantitative estimate of drug-likeness (QED) is 0.352. The highest BCUT2D eigenvalue weighted by Crippen LogP contribution is 2.19. The van der Waals surface area contributed by atoms with Crippen molar-refractivity contribution < 1.29 is 4.79 Å². The minimum absolute atomic E-state index is 0.470. The van der Waals surface area contributed by atoms with Gasteiger partial charge in [-0.2, -0.15) is 0 Å². The van der Waals surface area contributed by atoms with Gasteiger partial charge in [-0.15, -0.1) is 0 Å². The Hall–Kier alpha value is -1.94. The van der Waals surface area contributed by atoms with Crippen LogP contribution in [0, 0.1) is 13.8 Å². The molecular weight excluding hydrogens is 322 g/mol. The van der Waals surface area contributed by atoms with Crippen LogP contribution in [0.15, 0.2) is 28.9 Å². The largest absolute Gasteiger partial charge is 0.399 e. The second-order valence-corrected chi connectivity index (χ2v) is 7.11. The Balaban J connectivity index is 0.000000350. The van der Waals surface area contributed by atoms with Crippen molar-refractivity contribution in [2.45, 2.75) is 72.3 Å². The number of carbonyl (C=O) groups excluding carboxylic acids is 1. The van der Waals surface area contributed by atoms with E-state index in [1.54, 1.807) is 13.0 Å². The Morgan fingerprint density at radius 1 is 1.23 bits per heavy atom. The van der Waals surface area contributed by atoms with Crippen LogP contribution in [0.25, 0.3) is 0 Å². The number of hydrogen-bond acceptors (Lipinski definition) is 4. The van der Waals surface area contributed by atoms with E-state index in [9.17, 15) is 4.79 Å². The van der Waals surface area contributed by atoms with Crippen LogP contribution in [0.1, 0.15) is 62.6 Å². The maximum absolute atomic E-state index is 10.7. The monoisotopic (exact) mass is 357 g/mol. The fraction of sp³-hybridized carbons (Fsp3) is 0.545. The summed E-state index contributed by atoms with van der Waals surface area (Å²) in [6, 6.07) is 4.90. The standard InChI is InChI=1S/C15H20N2O.C7H15N/c1-5-14(9-18)17-12(4)8-13-6-11(3)15(16)7-10(13)2;1-8-7-5-3-2-4-6-7/h5-7,9H,8,16H2,1-4H3;7-8H,2-6H2,1H3/b14-5-,17-12?;. The molecule has 0 aliphatic heterocycles. The van der Waals surface area contributed by atoms with Crippen LogP contribution >= 0.6 is 0 Å². The number of aldehydes is 1. The fourth-order valence-corrected chi connectivity index (χ4v) is 3.17. The van der Waals surface area contributed by atoms with Crippen molar-refractivity contribution in [3.63, 3.8) is 0 Å². The molecular formula is C22H35N3O. The topological polar surface area (TPSA) is 67.5 Å². The predicted octanol–water partition coefficient (Wildman–Crippen LogP) is 4.53. The molecule has 4 heteroatoms. The van der Waals surface area contributed by atoms with Gasteiger partial charge in [0.2, 0.25) is 0 Å². The van der Waals surface area contributed by atoms with E-state index in [-0.39, 0.29) is 0 Å². The number of nitrogens with one attached hydrogen (secondary N) is 1. The summed E-state index contributed by atoms with van der Waals surface area (Å²) in [5.41, 5.74) is 11.5. The van der Waals surface area contributed by atoms with Crippen LogP contribution in [-0.2, 0) is 11.2 Å². The first-order valence-electron chi connectivity index (χ1n) is 9.59. The molecule has 1 aromatic rings. The van der Waals surface area contributed by atoms with E-state index in [0.717, 1.165) is 41.3 Å². The lowest BCUT2D eigenvalue weighted by Gasteiger charge is -2.20. The predicted molar refractivity (Wildman–Crippen MR) is 113 cm³/mol. The maximum Gasteiger partial charge on any atom is 0.168 e. The number of carbonyl (C=O) groups is 1. The highest BCUT2D eigenvalue weighted by molar-refractivity contribution is 5.89. The molecule has 26 heavy (non-hydrogen) atoms. The zero-order valence-electron chi connectivity index (χ0n) is 17.1. The summed E-state index contributed by atoms with van der Waals surface area (Å²) in [6.45, 7) is 7.76. The van der Waals surface area contributed by atoms with Crippen molar-refractivity contribution in [3.05, 3.63) is 40.6 Å². The van der Waals surface area contributed by atoms with E-state index >= 15 is 0 Å². The van der Waals surface area contributed by atoms with Crippen LogP contribution in [-0.4, -0.2) is 25.1 Å². The Bertz CT molecular complexity index is 641. The number of allylic oxidation sites excluding steroid dienone is 2. The molecule has 1 aliphatic carbocycles. The van der Waals surface area contributed by atoms with Gasteiger partial charge in [0, 0.05) is 23.9 Å². The highest BCUT2D eigenvalue weighted by Gasteiger charge is 2.09. The third-order valence-corrected chi connectivity index (χ3v) is 4.92. The van der Waals surface area contributed by atoms with E-state index in [0.29, 0.717) is 5.70 Å². The van der Waals surface area contributed by atoms with E-state index in [4.69, 9.17) is 5.73 Å². The minimum atomic E-state index is 0.470. The fourth-order valence-electron chi connectivity index (χ4n) is 3.17. The summed E-state index contributed by atoms with van der Waals surface area (Å²) in [7, 11) is 2.07. The van der Waals surface area contributed by atoms with Gasteiger partial charge in [0.1, 0.15) is 0 Å². The lowest BCUT2D eigenvalue weighted by molar-refractivity contribution is -0.104. The number of anilines is 1. The molecule has 0 radical (unpaired) electrons. The van der Waals surface area contributed by atoms with E-state index < -0.39 is 0 Å². The molecule has 0 saturated heterocycles. The molecule has 1 aromatic carbocycles. The Morgan fingerprint density at radius 2 is 1.88 bits per heavy atom. The van der Waals surface area contributed by atoms with Crippen molar-refractivity contribution in [2.75, 3.05) is 12.8 Å². The average molecular weight is 358 g/mol. The van der Waals surface area contributed by atoms with Crippen LogP contribution in [0.4, 0.5) is 5.69 Å². The molecule has 0 atom stereocenters. The van der Waals surface area contributed by atoms with Crippen molar-refractivity contribution in [3.8, 4) is 0 Å². The number of benzene rings is 1. The number of nitrogen functional groups attached to an aromatic ring is 1. The molecule has 4 nitrogen and oxygen atoms in total. The SMILES string of the molecule is C/C=C(/C=O)N=C(C)Cc1cc(C)c(N)cc1C.CNC1CCCCC1. The first-order valence-corrected chi connectivity index (χ1v) is 9.59. The number of nitrogens with two attached hydrogens (primary N) is 1. The number of aliphatic imine (C=N–C) groups is 1. The van der Waals surface area contributed by atoms with Crippen LogP contribution in [0.2, 0.25) is 0 Å². The van der Waals surface area contributed by atoms with E-state index in [1.807, 2.05) is 26.8 Å². The van der Waals surface area contributed by atoms with Gasteiger partial charge in [0.25, 0.3) is 0 Å². The van der Waals surface area contributed by atoms with Gasteiger partial charge in [-0.25, -0.2) is 0 Å². The van der Waals surface area contributed by atoms with Gasteiger partial charge in [0.15, 0.2) is 6.29 Å². The number of hydrogen-bond donors (Lipinski definition) is 2. The molecule has 0 heterocycles. The van der Waals surface area contributed by atoms with E-state index in [1.165, 1.54) is 37.7 Å². The second kappa shape index (κ2) is 11.6. The summed E-state index contributed by atoms with van der Waals surface area (Å²) >= 11 is 0. The zero-order chi connectivity index (χ0) is 19.5. The van der Waals surface area contributed by atoms with Gasteiger partial charge < -0.3 is 11.1 Å². The first-order chi connectivity index (χ1) is 12.4. The minimum Gasteiger partial charge on any atom is -0.399 e. The normalized spacial score (nSPS) is 16.0. The lowest BCUT2D eigenvalue weighted by atomic mass is 9.96. The second-order valence-electron chi connectivity index (χ2n) is 7.11.